The molecule has 0 bridgehead atoms. The molecule has 272 valence electrons. The molecule has 6 N–H and O–H groups in total. The van der Waals surface area contributed by atoms with E-state index in [0.717, 1.165) is 68.1 Å². The molecule has 10 heteroatoms. The fourth-order valence-electron chi connectivity index (χ4n) is 11.2. The Morgan fingerprint density at radius 2 is 1.32 bits per heavy atom. The van der Waals surface area contributed by atoms with Crippen LogP contribution >= 0.6 is 0 Å². The molecule has 4 aliphatic carbocycles. The summed E-state index contributed by atoms with van der Waals surface area (Å²) in [7, 11) is 0. The minimum atomic E-state index is -1.54. The van der Waals surface area contributed by atoms with E-state index in [-0.39, 0.29) is 34.8 Å². The highest BCUT2D eigenvalue weighted by Crippen LogP contribution is 2.60. The quantitative estimate of drug-likeness (QED) is 0.255. The van der Waals surface area contributed by atoms with E-state index < -0.39 is 53.6 Å². The Morgan fingerprint density at radius 3 is 1.88 bits per heavy atom. The summed E-state index contributed by atoms with van der Waals surface area (Å²) in [4.78, 5) is 28.9. The number of aliphatic hydroxyl groups is 4. The van der Waals surface area contributed by atoms with Crippen LogP contribution in [0.2, 0.25) is 0 Å². The van der Waals surface area contributed by atoms with Crippen molar-refractivity contribution >= 4 is 11.8 Å². The molecule has 5 aliphatic rings. The summed E-state index contributed by atoms with van der Waals surface area (Å²) in [5.41, 5.74) is 2.40. The molecule has 11 atom stereocenters. The normalized spacial score (nSPS) is 40.8. The Bertz CT molecular complexity index is 1660. The highest BCUT2D eigenvalue weighted by Gasteiger charge is 2.58. The number of carbonyl (C=O) groups excluding carboxylic acids is 2. The molecule has 1 unspecified atom stereocenters. The van der Waals surface area contributed by atoms with Gasteiger partial charge in [0, 0.05) is 0 Å². The molecule has 0 spiro atoms. The van der Waals surface area contributed by atoms with E-state index in [0.29, 0.717) is 18.6 Å². The van der Waals surface area contributed by atoms with Crippen LogP contribution in [-0.2, 0) is 38.0 Å². The zero-order chi connectivity index (χ0) is 35.8. The van der Waals surface area contributed by atoms with Crippen molar-refractivity contribution in [1.82, 2.24) is 5.32 Å². The third-order valence-electron chi connectivity index (χ3n) is 14.0. The molecule has 50 heavy (non-hydrogen) atoms. The second-order valence-corrected chi connectivity index (χ2v) is 16.8. The minimum absolute atomic E-state index is 0.0407. The van der Waals surface area contributed by atoms with Crippen molar-refractivity contribution in [3.63, 3.8) is 0 Å². The molecule has 0 aromatic heterocycles. The molecule has 3 fully saturated rings. The van der Waals surface area contributed by atoms with Crippen LogP contribution in [0.15, 0.2) is 36.4 Å². The zero-order valence-electron chi connectivity index (χ0n) is 29.7. The molecule has 2 aromatic rings. The number of rotatable bonds is 5. The predicted octanol–water partition coefficient (Wildman–Crippen LogP) is 3.93. The van der Waals surface area contributed by atoms with Gasteiger partial charge in [-0.3, -0.25) is 14.9 Å². The number of hydrogen-bond donors (Lipinski definition) is 6. The predicted molar refractivity (Wildman–Crippen MR) is 184 cm³/mol. The van der Waals surface area contributed by atoms with Gasteiger partial charge in [0.25, 0.3) is 0 Å². The van der Waals surface area contributed by atoms with E-state index in [4.69, 9.17) is 9.47 Å². The summed E-state index contributed by atoms with van der Waals surface area (Å²) in [5, 5.41) is 54.0. The van der Waals surface area contributed by atoms with Gasteiger partial charge in [-0.05, 0) is 121 Å². The van der Waals surface area contributed by atoms with Crippen LogP contribution in [0.5, 0.6) is 11.5 Å². The van der Waals surface area contributed by atoms with Crippen molar-refractivity contribution in [2.75, 3.05) is 6.61 Å². The number of benzene rings is 2. The summed E-state index contributed by atoms with van der Waals surface area (Å²) in [5.74, 6) is 0.254. The van der Waals surface area contributed by atoms with Gasteiger partial charge in [0.05, 0.1) is 17.4 Å². The molecule has 2 aromatic carbocycles. The van der Waals surface area contributed by atoms with E-state index in [1.807, 2.05) is 38.1 Å². The van der Waals surface area contributed by atoms with Gasteiger partial charge in [0.1, 0.15) is 35.9 Å². The lowest BCUT2D eigenvalue weighted by Crippen LogP contribution is -2.60. The van der Waals surface area contributed by atoms with Gasteiger partial charge in [0.2, 0.25) is 18.1 Å². The topological polar surface area (TPSA) is 166 Å². The fraction of sp³-hybridized carbons (Fsp3) is 0.650. The largest absolute Gasteiger partial charge is 0.508 e. The van der Waals surface area contributed by atoms with Gasteiger partial charge in [-0.15, -0.1) is 0 Å². The van der Waals surface area contributed by atoms with Crippen LogP contribution in [0.1, 0.15) is 101 Å². The number of hydrogen-bond acceptors (Lipinski definition) is 9. The number of imide groups is 1. The Kier molecular flexibility index (Phi) is 8.91. The van der Waals surface area contributed by atoms with Crippen molar-refractivity contribution in [2.45, 2.75) is 133 Å². The number of aliphatic hydroxyl groups excluding tert-OH is 4. The average Bonchev–Trinajstić information content (AvgIpc) is 3.08. The van der Waals surface area contributed by atoms with Crippen LogP contribution in [-0.4, -0.2) is 74.7 Å². The number of carbonyl (C=O) groups is 2. The maximum atomic E-state index is 14.5. The SMILES string of the molecule is C[C@]1(C(=O)NC(=O)[C@@]2(C)CCC[C@]3(C)c4cc(OC5O[C@H](CO)[C@@H](O)[C@H](O)[C@H]5O)ccc4CC[C@@H]23)CCC[C@]2(C)c3cc(O)ccc3CC[C@@H]12. The van der Waals surface area contributed by atoms with E-state index in [2.05, 4.69) is 19.2 Å². The Morgan fingerprint density at radius 1 is 0.780 bits per heavy atom. The molecule has 1 saturated heterocycles. The maximum Gasteiger partial charge on any atom is 0.232 e. The first-order valence-corrected chi connectivity index (χ1v) is 18.4. The van der Waals surface area contributed by atoms with Gasteiger partial charge in [-0.1, -0.05) is 52.7 Å². The summed E-state index contributed by atoms with van der Waals surface area (Å²) in [6.07, 6.45) is 1.18. The maximum absolute atomic E-state index is 14.5. The second kappa shape index (κ2) is 12.6. The summed E-state index contributed by atoms with van der Waals surface area (Å²) in [6, 6.07) is 11.3. The Hall–Kier alpha value is -3.02. The zero-order valence-corrected chi connectivity index (χ0v) is 29.7. The summed E-state index contributed by atoms with van der Waals surface area (Å²) in [6.45, 7) is 7.93. The lowest BCUT2D eigenvalue weighted by Gasteiger charge is -2.56. The Balaban J connectivity index is 1.12. The van der Waals surface area contributed by atoms with Crippen molar-refractivity contribution in [3.8, 4) is 11.5 Å². The number of fused-ring (bicyclic) bond motifs is 6. The van der Waals surface area contributed by atoms with Crippen LogP contribution < -0.4 is 10.1 Å². The highest BCUT2D eigenvalue weighted by atomic mass is 16.7. The third kappa shape index (κ3) is 5.40. The summed E-state index contributed by atoms with van der Waals surface area (Å²) >= 11 is 0. The van der Waals surface area contributed by atoms with Crippen LogP contribution in [0.25, 0.3) is 0 Å². The first-order chi connectivity index (χ1) is 23.7. The molecule has 0 radical (unpaired) electrons. The van der Waals surface area contributed by atoms with Crippen LogP contribution in [0, 0.1) is 22.7 Å². The van der Waals surface area contributed by atoms with Crippen molar-refractivity contribution in [2.24, 2.45) is 22.7 Å². The number of ether oxygens (including phenoxy) is 2. The number of phenols is 1. The molecule has 1 heterocycles. The fourth-order valence-corrected chi connectivity index (χ4v) is 11.2. The number of aryl methyl sites for hydroxylation is 2. The van der Waals surface area contributed by atoms with Crippen LogP contribution in [0.4, 0.5) is 0 Å². The van der Waals surface area contributed by atoms with Crippen molar-refractivity contribution in [3.05, 3.63) is 58.7 Å². The molecule has 2 amide bonds. The van der Waals surface area contributed by atoms with E-state index in [9.17, 15) is 35.1 Å². The number of aromatic hydroxyl groups is 1. The molecule has 2 saturated carbocycles. The van der Waals surface area contributed by atoms with Crippen LogP contribution in [0.3, 0.4) is 0 Å². The number of phenolic OH excluding ortho intramolecular Hbond substituents is 1. The van der Waals surface area contributed by atoms with E-state index in [1.165, 1.54) is 5.56 Å². The molecule has 7 rings (SSSR count). The lowest BCUT2D eigenvalue weighted by atomic mass is 9.49. The Labute approximate surface area is 294 Å². The van der Waals surface area contributed by atoms with Crippen molar-refractivity contribution < 1.29 is 44.6 Å². The number of amides is 2. The smallest absolute Gasteiger partial charge is 0.232 e. The van der Waals surface area contributed by atoms with Gasteiger partial charge in [0.15, 0.2) is 0 Å². The van der Waals surface area contributed by atoms with E-state index in [1.54, 1.807) is 12.1 Å². The molecule has 1 aliphatic heterocycles. The van der Waals surface area contributed by atoms with Gasteiger partial charge < -0.3 is 35.0 Å². The standard InChI is InChI=1S/C40H53NO9/c1-37-15-5-17-39(3,29(37)13-9-22-7-11-24(43)19-26(22)37)35(47)41-36(48)40(4)18-6-16-38(2)27-20-25(12-8-23(27)10-14-30(38)40)49-34-33(46)32(45)31(44)28(21-42)50-34/h7-8,11-12,19-20,28-34,42-46H,5-6,9-10,13-18,21H2,1-4H3,(H,41,47,48)/t28-,29-,30-,31-,32+,33-,34?,37-,38-,39+,40+/m1/s1. The van der Waals surface area contributed by atoms with Crippen molar-refractivity contribution in [1.29, 1.82) is 0 Å². The summed E-state index contributed by atoms with van der Waals surface area (Å²) < 4.78 is 11.6. The lowest BCUT2D eigenvalue weighted by molar-refractivity contribution is -0.277. The van der Waals surface area contributed by atoms with Gasteiger partial charge in [-0.2, -0.15) is 0 Å². The number of nitrogens with one attached hydrogen (secondary N) is 1. The second-order valence-electron chi connectivity index (χ2n) is 16.8. The first-order valence-electron chi connectivity index (χ1n) is 18.4. The third-order valence-corrected chi connectivity index (χ3v) is 14.0. The average molecular weight is 692 g/mol. The van der Waals surface area contributed by atoms with E-state index >= 15 is 0 Å². The van der Waals surface area contributed by atoms with Gasteiger partial charge >= 0.3 is 0 Å². The monoisotopic (exact) mass is 691 g/mol. The molecular formula is C40H53NO9. The highest BCUT2D eigenvalue weighted by molar-refractivity contribution is 6.00. The van der Waals surface area contributed by atoms with Gasteiger partial charge in [-0.25, -0.2) is 0 Å². The minimum Gasteiger partial charge on any atom is -0.508 e. The first kappa shape index (κ1) is 35.4. The molecular weight excluding hydrogens is 638 g/mol. The molecule has 10 nitrogen and oxygen atoms in total.